The van der Waals surface area contributed by atoms with E-state index in [4.69, 9.17) is 14.2 Å². The summed E-state index contributed by atoms with van der Waals surface area (Å²) >= 11 is 0. The number of carbonyl (C=O) groups excluding carboxylic acids is 3. The molecule has 0 aromatic carbocycles. The molecule has 6 nitrogen and oxygen atoms in total. The van der Waals surface area contributed by atoms with Crippen LogP contribution in [0.4, 0.5) is 0 Å². The molecule has 0 N–H and O–H groups in total. The largest absolute Gasteiger partial charge is 0.462 e. The zero-order valence-corrected chi connectivity index (χ0v) is 43.8. The molecule has 0 rings (SSSR count). The summed E-state index contributed by atoms with van der Waals surface area (Å²) in [6, 6.07) is 0. The maximum Gasteiger partial charge on any atom is 0.306 e. The Kier molecular flexibility index (Phi) is 52.7. The maximum atomic E-state index is 12.8. The third-order valence-corrected chi connectivity index (χ3v) is 12.9. The summed E-state index contributed by atoms with van der Waals surface area (Å²) in [5, 5.41) is 0. The van der Waals surface area contributed by atoms with Gasteiger partial charge in [0.1, 0.15) is 13.2 Å². The Morgan fingerprint density at radius 1 is 0.292 bits per heavy atom. The van der Waals surface area contributed by atoms with Crippen LogP contribution in [0.2, 0.25) is 0 Å². The number of allylic oxidation sites excluding steroid dienone is 4. The summed E-state index contributed by atoms with van der Waals surface area (Å²) in [5.74, 6) is -0.861. The Hall–Kier alpha value is -2.11. The predicted molar refractivity (Wildman–Crippen MR) is 279 cm³/mol. The van der Waals surface area contributed by atoms with Crippen molar-refractivity contribution < 1.29 is 28.6 Å². The van der Waals surface area contributed by atoms with Crippen LogP contribution in [0.3, 0.4) is 0 Å². The zero-order chi connectivity index (χ0) is 47.2. The van der Waals surface area contributed by atoms with Crippen molar-refractivity contribution in [2.45, 2.75) is 322 Å². The van der Waals surface area contributed by atoms with Gasteiger partial charge in [0.2, 0.25) is 0 Å². The number of unbranched alkanes of at least 4 members (excludes halogenated alkanes) is 38. The van der Waals surface area contributed by atoms with Gasteiger partial charge < -0.3 is 14.2 Å². The highest BCUT2D eigenvalue weighted by Gasteiger charge is 2.19. The predicted octanol–water partition coefficient (Wildman–Crippen LogP) is 19.1. The first-order chi connectivity index (χ1) is 32.0. The molecule has 0 heterocycles. The van der Waals surface area contributed by atoms with Gasteiger partial charge >= 0.3 is 17.9 Å². The minimum Gasteiger partial charge on any atom is -0.462 e. The second-order valence-corrected chi connectivity index (χ2v) is 19.6. The van der Waals surface area contributed by atoms with Gasteiger partial charge in [-0.15, -0.1) is 0 Å². The van der Waals surface area contributed by atoms with Gasteiger partial charge in [0, 0.05) is 19.3 Å². The molecule has 0 radical (unpaired) electrons. The molecule has 0 saturated carbocycles. The molecular weight excluding hydrogens is 805 g/mol. The number of rotatable bonds is 53. The van der Waals surface area contributed by atoms with E-state index in [0.717, 1.165) is 57.8 Å². The van der Waals surface area contributed by atoms with Crippen LogP contribution in [0.25, 0.3) is 0 Å². The summed E-state index contributed by atoms with van der Waals surface area (Å²) in [6.45, 7) is 6.67. The number of carbonyl (C=O) groups is 3. The van der Waals surface area contributed by atoms with Gasteiger partial charge in [-0.25, -0.2) is 0 Å². The van der Waals surface area contributed by atoms with E-state index in [0.29, 0.717) is 19.3 Å². The lowest BCUT2D eigenvalue weighted by Crippen LogP contribution is -2.30. The average Bonchev–Trinajstić information content (AvgIpc) is 3.30. The van der Waals surface area contributed by atoms with Crippen molar-refractivity contribution in [2.24, 2.45) is 0 Å². The molecule has 0 aliphatic heterocycles. The van der Waals surface area contributed by atoms with Crippen molar-refractivity contribution in [3.05, 3.63) is 24.3 Å². The summed E-state index contributed by atoms with van der Waals surface area (Å²) in [4.78, 5) is 38.1. The minimum absolute atomic E-state index is 0.0701. The van der Waals surface area contributed by atoms with Crippen LogP contribution in [-0.4, -0.2) is 37.2 Å². The molecule has 0 bridgehead atoms. The Bertz CT molecular complexity index is 1050. The lowest BCUT2D eigenvalue weighted by atomic mass is 10.0. The van der Waals surface area contributed by atoms with Crippen molar-refractivity contribution in [1.82, 2.24) is 0 Å². The molecule has 0 aliphatic rings. The van der Waals surface area contributed by atoms with Crippen LogP contribution in [-0.2, 0) is 28.6 Å². The van der Waals surface area contributed by atoms with Crippen LogP contribution >= 0.6 is 0 Å². The average molecular weight is 916 g/mol. The fourth-order valence-electron chi connectivity index (χ4n) is 8.55. The quantitative estimate of drug-likeness (QED) is 0.0262. The summed E-state index contributed by atoms with van der Waals surface area (Å²) in [6.07, 6.45) is 63.1. The Morgan fingerprint density at radius 3 is 0.769 bits per heavy atom. The summed E-state index contributed by atoms with van der Waals surface area (Å²) < 4.78 is 16.9. The lowest BCUT2D eigenvalue weighted by molar-refractivity contribution is -0.167. The molecule has 382 valence electrons. The van der Waals surface area contributed by atoms with Crippen LogP contribution in [0, 0.1) is 0 Å². The van der Waals surface area contributed by atoms with Gasteiger partial charge in [-0.3, -0.25) is 14.4 Å². The van der Waals surface area contributed by atoms with Crippen LogP contribution < -0.4 is 0 Å². The Balaban J connectivity index is 4.32. The first-order valence-corrected chi connectivity index (χ1v) is 28.8. The van der Waals surface area contributed by atoms with E-state index in [1.807, 2.05) is 0 Å². The number of ether oxygens (including phenoxy) is 3. The lowest BCUT2D eigenvalue weighted by Gasteiger charge is -2.18. The summed E-state index contributed by atoms with van der Waals surface area (Å²) in [7, 11) is 0. The fraction of sp³-hybridized carbons (Fsp3) is 0.881. The molecule has 0 fully saturated rings. The smallest absolute Gasteiger partial charge is 0.306 e. The van der Waals surface area contributed by atoms with E-state index >= 15 is 0 Å². The van der Waals surface area contributed by atoms with Crippen molar-refractivity contribution in [3.63, 3.8) is 0 Å². The van der Waals surface area contributed by atoms with E-state index in [-0.39, 0.29) is 31.1 Å². The van der Waals surface area contributed by atoms with Gasteiger partial charge in [0.05, 0.1) is 0 Å². The van der Waals surface area contributed by atoms with Gasteiger partial charge in [0.15, 0.2) is 6.10 Å². The molecule has 0 aromatic heterocycles. The SMILES string of the molecule is CCCCCCCC/C=C\CCCCCCCCCC(=O)OC(COC(=O)CCCCCCCCC/C=C\CCCCCCCCC)COC(=O)CCCCCCCCCCCCCC. The Labute approximate surface area is 404 Å². The van der Waals surface area contributed by atoms with E-state index < -0.39 is 6.10 Å². The molecule has 6 heteroatoms. The zero-order valence-electron chi connectivity index (χ0n) is 43.8. The molecule has 0 amide bonds. The summed E-state index contributed by atoms with van der Waals surface area (Å²) in [5.41, 5.74) is 0. The monoisotopic (exact) mass is 915 g/mol. The first kappa shape index (κ1) is 62.9. The van der Waals surface area contributed by atoms with Crippen molar-refractivity contribution >= 4 is 17.9 Å². The number of hydrogen-bond donors (Lipinski definition) is 0. The maximum absolute atomic E-state index is 12.8. The van der Waals surface area contributed by atoms with Gasteiger partial charge in [-0.05, 0) is 70.6 Å². The topological polar surface area (TPSA) is 78.9 Å². The highest BCUT2D eigenvalue weighted by molar-refractivity contribution is 5.71. The molecule has 0 saturated heterocycles. The standard InChI is InChI=1S/C59H110O6/c1-4-7-10-13-16-19-22-25-27-29-31-32-34-37-40-43-46-49-52-58(61)64-55-56(54-63-57(60)51-48-45-42-39-36-24-21-18-15-12-9-6-3)65-59(62)53-50-47-44-41-38-35-33-30-28-26-23-20-17-14-11-8-5-2/h26-29,56H,4-25,30-55H2,1-3H3/b28-26-,29-27-. The van der Waals surface area contributed by atoms with E-state index in [9.17, 15) is 14.4 Å². The third kappa shape index (κ3) is 52.7. The molecule has 1 atom stereocenters. The number of esters is 3. The van der Waals surface area contributed by atoms with E-state index in [1.54, 1.807) is 0 Å². The fourth-order valence-corrected chi connectivity index (χ4v) is 8.55. The van der Waals surface area contributed by atoms with Crippen molar-refractivity contribution in [2.75, 3.05) is 13.2 Å². The number of hydrogen-bond acceptors (Lipinski definition) is 6. The second kappa shape index (κ2) is 54.5. The van der Waals surface area contributed by atoms with Crippen LogP contribution in [0.5, 0.6) is 0 Å². The van der Waals surface area contributed by atoms with Crippen LogP contribution in [0.1, 0.15) is 316 Å². The molecule has 65 heavy (non-hydrogen) atoms. The van der Waals surface area contributed by atoms with Crippen molar-refractivity contribution in [1.29, 1.82) is 0 Å². The molecule has 0 aromatic rings. The van der Waals surface area contributed by atoms with Crippen LogP contribution in [0.15, 0.2) is 24.3 Å². The van der Waals surface area contributed by atoms with E-state index in [2.05, 4.69) is 45.1 Å². The molecular formula is C59H110O6. The molecule has 0 aliphatic carbocycles. The Morgan fingerprint density at radius 2 is 0.508 bits per heavy atom. The second-order valence-electron chi connectivity index (χ2n) is 19.6. The molecule has 0 spiro atoms. The van der Waals surface area contributed by atoms with Gasteiger partial charge in [0.25, 0.3) is 0 Å². The van der Waals surface area contributed by atoms with Gasteiger partial charge in [-0.2, -0.15) is 0 Å². The van der Waals surface area contributed by atoms with Crippen molar-refractivity contribution in [3.8, 4) is 0 Å². The molecule has 1 unspecified atom stereocenters. The highest BCUT2D eigenvalue weighted by Crippen LogP contribution is 2.16. The van der Waals surface area contributed by atoms with Gasteiger partial charge in [-0.1, -0.05) is 251 Å². The minimum atomic E-state index is -0.771. The highest BCUT2D eigenvalue weighted by atomic mass is 16.6. The van der Waals surface area contributed by atoms with E-state index in [1.165, 1.54) is 218 Å². The normalized spacial score (nSPS) is 12.1. The first-order valence-electron chi connectivity index (χ1n) is 28.8. The third-order valence-electron chi connectivity index (χ3n) is 12.9.